The molecule has 0 heterocycles. The second-order valence-electron chi connectivity index (χ2n) is 3.59. The summed E-state index contributed by atoms with van der Waals surface area (Å²) < 4.78 is 10.3. The monoisotopic (exact) mass is 245 g/mol. The molecule has 18 heavy (non-hydrogen) atoms. The van der Waals surface area contributed by atoms with E-state index in [-0.39, 0.29) is 18.8 Å². The molecule has 0 N–H and O–H groups in total. The van der Waals surface area contributed by atoms with Crippen LogP contribution in [0.5, 0.6) is 5.75 Å². The van der Waals surface area contributed by atoms with Gasteiger partial charge in [-0.3, -0.25) is 0 Å². The second-order valence-corrected chi connectivity index (χ2v) is 3.59. The van der Waals surface area contributed by atoms with Crippen molar-refractivity contribution in [1.29, 1.82) is 5.26 Å². The number of para-hydroxylation sites is 1. The maximum atomic E-state index is 11.5. The van der Waals surface area contributed by atoms with E-state index >= 15 is 0 Å². The van der Waals surface area contributed by atoms with Crippen molar-refractivity contribution in [3.63, 3.8) is 0 Å². The van der Waals surface area contributed by atoms with Gasteiger partial charge in [0.15, 0.2) is 0 Å². The number of nitriles is 1. The van der Waals surface area contributed by atoms with Gasteiger partial charge in [-0.2, -0.15) is 5.26 Å². The Morgan fingerprint density at radius 3 is 2.56 bits per heavy atom. The molecule has 0 aliphatic carbocycles. The van der Waals surface area contributed by atoms with Crippen molar-refractivity contribution in [3.8, 4) is 11.8 Å². The van der Waals surface area contributed by atoms with Crippen molar-refractivity contribution in [1.82, 2.24) is 0 Å². The third kappa shape index (κ3) is 3.95. The van der Waals surface area contributed by atoms with E-state index in [4.69, 9.17) is 14.7 Å². The van der Waals surface area contributed by atoms with Gasteiger partial charge in [-0.1, -0.05) is 18.2 Å². The summed E-state index contributed by atoms with van der Waals surface area (Å²) in [5.41, 5.74) is 0.563. The average molecular weight is 245 g/mol. The fourth-order valence-corrected chi connectivity index (χ4v) is 1.30. The normalized spacial score (nSPS) is 11.2. The summed E-state index contributed by atoms with van der Waals surface area (Å²) in [5, 5.41) is 8.93. The zero-order chi connectivity index (χ0) is 13.4. The SMILES string of the molecule is CCOC(=O)C(C#N)=C(C)COc1ccccc1. The first-order valence-corrected chi connectivity index (χ1v) is 5.63. The number of hydrogen-bond acceptors (Lipinski definition) is 4. The fourth-order valence-electron chi connectivity index (χ4n) is 1.30. The van der Waals surface area contributed by atoms with Crippen molar-refractivity contribution in [2.45, 2.75) is 13.8 Å². The summed E-state index contributed by atoms with van der Waals surface area (Å²) in [6.07, 6.45) is 0. The zero-order valence-electron chi connectivity index (χ0n) is 10.5. The van der Waals surface area contributed by atoms with Gasteiger partial charge in [-0.15, -0.1) is 0 Å². The van der Waals surface area contributed by atoms with Crippen LogP contribution in [0.1, 0.15) is 13.8 Å². The van der Waals surface area contributed by atoms with Crippen LogP contribution in [0.4, 0.5) is 0 Å². The van der Waals surface area contributed by atoms with E-state index in [9.17, 15) is 4.79 Å². The maximum Gasteiger partial charge on any atom is 0.348 e. The molecule has 0 atom stereocenters. The number of ether oxygens (including phenoxy) is 2. The highest BCUT2D eigenvalue weighted by Gasteiger charge is 2.13. The van der Waals surface area contributed by atoms with Crippen molar-refractivity contribution in [3.05, 3.63) is 41.5 Å². The molecule has 0 fully saturated rings. The van der Waals surface area contributed by atoms with Gasteiger partial charge in [0.25, 0.3) is 0 Å². The van der Waals surface area contributed by atoms with Crippen LogP contribution in [-0.4, -0.2) is 19.2 Å². The standard InChI is InChI=1S/C14H15NO3/c1-3-17-14(16)13(9-15)11(2)10-18-12-7-5-4-6-8-12/h4-8H,3,10H2,1-2H3. The number of carbonyl (C=O) groups excluding carboxylic acids is 1. The lowest BCUT2D eigenvalue weighted by molar-refractivity contribution is -0.138. The number of hydrogen-bond donors (Lipinski definition) is 0. The van der Waals surface area contributed by atoms with Crippen LogP contribution in [0, 0.1) is 11.3 Å². The van der Waals surface area contributed by atoms with Gasteiger partial charge in [0.2, 0.25) is 0 Å². The second kappa shape index (κ2) is 7.13. The van der Waals surface area contributed by atoms with Crippen LogP contribution >= 0.6 is 0 Å². The van der Waals surface area contributed by atoms with Gasteiger partial charge in [0.05, 0.1) is 6.61 Å². The van der Waals surface area contributed by atoms with E-state index < -0.39 is 5.97 Å². The summed E-state index contributed by atoms with van der Waals surface area (Å²) in [6.45, 7) is 3.81. The van der Waals surface area contributed by atoms with Gasteiger partial charge in [0, 0.05) is 0 Å². The first kappa shape index (κ1) is 13.8. The average Bonchev–Trinajstić information content (AvgIpc) is 2.39. The Kier molecular flexibility index (Phi) is 5.46. The molecule has 0 aliphatic heterocycles. The Hall–Kier alpha value is -2.28. The van der Waals surface area contributed by atoms with Gasteiger partial charge >= 0.3 is 5.97 Å². The van der Waals surface area contributed by atoms with Crippen LogP contribution in [0.2, 0.25) is 0 Å². The molecule has 1 aromatic carbocycles. The molecule has 0 aliphatic rings. The van der Waals surface area contributed by atoms with E-state index in [1.807, 2.05) is 36.4 Å². The van der Waals surface area contributed by atoms with Crippen molar-refractivity contribution < 1.29 is 14.3 Å². The molecule has 4 heteroatoms. The van der Waals surface area contributed by atoms with Crippen molar-refractivity contribution in [2.24, 2.45) is 0 Å². The molecule has 4 nitrogen and oxygen atoms in total. The molecule has 0 aromatic heterocycles. The van der Waals surface area contributed by atoms with Crippen LogP contribution in [-0.2, 0) is 9.53 Å². The van der Waals surface area contributed by atoms with Crippen LogP contribution in [0.3, 0.4) is 0 Å². The summed E-state index contributed by atoms with van der Waals surface area (Å²) in [6, 6.07) is 11.1. The van der Waals surface area contributed by atoms with Gasteiger partial charge < -0.3 is 9.47 Å². The molecule has 1 aromatic rings. The predicted molar refractivity (Wildman–Crippen MR) is 66.9 cm³/mol. The summed E-state index contributed by atoms with van der Waals surface area (Å²) in [4.78, 5) is 11.5. The molecule has 0 unspecified atom stereocenters. The molecule has 0 bridgehead atoms. The number of carbonyl (C=O) groups is 1. The highest BCUT2D eigenvalue weighted by Crippen LogP contribution is 2.12. The fraction of sp³-hybridized carbons (Fsp3) is 0.286. The van der Waals surface area contributed by atoms with Crippen molar-refractivity contribution >= 4 is 5.97 Å². The molecule has 94 valence electrons. The number of esters is 1. The number of rotatable bonds is 5. The lowest BCUT2D eigenvalue weighted by Crippen LogP contribution is -2.11. The minimum atomic E-state index is -0.603. The smallest absolute Gasteiger partial charge is 0.348 e. The highest BCUT2D eigenvalue weighted by atomic mass is 16.5. The molecule has 0 amide bonds. The van der Waals surface area contributed by atoms with E-state index in [1.165, 1.54) is 0 Å². The topological polar surface area (TPSA) is 59.3 Å². The van der Waals surface area contributed by atoms with Gasteiger partial charge in [0.1, 0.15) is 24.0 Å². The van der Waals surface area contributed by atoms with Crippen LogP contribution in [0.15, 0.2) is 41.5 Å². The third-order valence-corrected chi connectivity index (χ3v) is 2.22. The molecular formula is C14H15NO3. The Morgan fingerprint density at radius 2 is 2.00 bits per heavy atom. The largest absolute Gasteiger partial charge is 0.489 e. The minimum Gasteiger partial charge on any atom is -0.489 e. The summed E-state index contributed by atoms with van der Waals surface area (Å²) in [7, 11) is 0. The first-order chi connectivity index (χ1) is 8.69. The molecular weight excluding hydrogens is 230 g/mol. The summed E-state index contributed by atoms with van der Waals surface area (Å²) >= 11 is 0. The quantitative estimate of drug-likeness (QED) is 0.454. The van der Waals surface area contributed by atoms with E-state index in [1.54, 1.807) is 13.8 Å². The molecule has 0 spiro atoms. The number of nitrogens with zero attached hydrogens (tertiary/aromatic N) is 1. The Bertz CT molecular complexity index is 472. The molecule has 1 rings (SSSR count). The molecule has 0 saturated heterocycles. The minimum absolute atomic E-state index is 0.00720. The van der Waals surface area contributed by atoms with Crippen molar-refractivity contribution in [2.75, 3.05) is 13.2 Å². The van der Waals surface area contributed by atoms with Gasteiger partial charge in [-0.05, 0) is 31.6 Å². The molecule has 0 saturated carbocycles. The lowest BCUT2D eigenvalue weighted by atomic mass is 10.1. The van der Waals surface area contributed by atoms with E-state index in [0.717, 1.165) is 0 Å². The highest BCUT2D eigenvalue weighted by molar-refractivity contribution is 5.93. The lowest BCUT2D eigenvalue weighted by Gasteiger charge is -2.08. The van der Waals surface area contributed by atoms with Crippen LogP contribution < -0.4 is 4.74 Å². The molecule has 0 radical (unpaired) electrons. The van der Waals surface area contributed by atoms with Gasteiger partial charge in [-0.25, -0.2) is 4.79 Å². The Balaban J connectivity index is 2.70. The van der Waals surface area contributed by atoms with E-state index in [0.29, 0.717) is 11.3 Å². The third-order valence-electron chi connectivity index (χ3n) is 2.22. The predicted octanol–water partition coefficient (Wildman–Crippen LogP) is 2.47. The Morgan fingerprint density at radius 1 is 1.33 bits per heavy atom. The summed E-state index contributed by atoms with van der Waals surface area (Å²) in [5.74, 6) is 0.0900. The maximum absolute atomic E-state index is 11.5. The van der Waals surface area contributed by atoms with E-state index in [2.05, 4.69) is 0 Å². The Labute approximate surface area is 106 Å². The zero-order valence-corrected chi connectivity index (χ0v) is 10.5. The van der Waals surface area contributed by atoms with Crippen LogP contribution in [0.25, 0.3) is 0 Å². The number of benzene rings is 1. The first-order valence-electron chi connectivity index (χ1n) is 5.63.